The molecule has 0 aliphatic heterocycles. The predicted molar refractivity (Wildman–Crippen MR) is 68.1 cm³/mol. The SMILES string of the molecule is CCCCCNc1nc(C)c(O)c(C)c1C. The maximum absolute atomic E-state index is 9.73. The van der Waals surface area contributed by atoms with Crippen LogP contribution >= 0.6 is 0 Å². The lowest BCUT2D eigenvalue weighted by molar-refractivity contribution is 0.463. The third kappa shape index (κ3) is 2.87. The van der Waals surface area contributed by atoms with Crippen LogP contribution in [0.1, 0.15) is 43.0 Å². The molecular formula is C13H22N2O. The molecule has 0 aliphatic rings. The zero-order valence-electron chi connectivity index (χ0n) is 10.7. The number of nitrogens with zero attached hydrogens (tertiary/aromatic N) is 1. The molecule has 16 heavy (non-hydrogen) atoms. The Balaban J connectivity index is 2.73. The van der Waals surface area contributed by atoms with Crippen molar-refractivity contribution >= 4 is 5.82 Å². The molecule has 0 aliphatic carbocycles. The average Bonchev–Trinajstić information content (AvgIpc) is 2.28. The summed E-state index contributed by atoms with van der Waals surface area (Å²) in [7, 11) is 0. The highest BCUT2D eigenvalue weighted by Gasteiger charge is 2.09. The quantitative estimate of drug-likeness (QED) is 0.751. The van der Waals surface area contributed by atoms with Crippen molar-refractivity contribution in [2.24, 2.45) is 0 Å². The van der Waals surface area contributed by atoms with E-state index in [1.165, 1.54) is 12.8 Å². The summed E-state index contributed by atoms with van der Waals surface area (Å²) in [4.78, 5) is 4.37. The molecule has 2 N–H and O–H groups in total. The van der Waals surface area contributed by atoms with Gasteiger partial charge in [0.2, 0.25) is 0 Å². The van der Waals surface area contributed by atoms with Gasteiger partial charge >= 0.3 is 0 Å². The van der Waals surface area contributed by atoms with Crippen LogP contribution in [0.2, 0.25) is 0 Å². The highest BCUT2D eigenvalue weighted by molar-refractivity contribution is 5.54. The summed E-state index contributed by atoms with van der Waals surface area (Å²) in [6.45, 7) is 8.89. The molecule has 0 fully saturated rings. The van der Waals surface area contributed by atoms with Crippen molar-refractivity contribution in [3.63, 3.8) is 0 Å². The first kappa shape index (κ1) is 12.8. The van der Waals surface area contributed by atoms with Gasteiger partial charge < -0.3 is 10.4 Å². The zero-order chi connectivity index (χ0) is 12.1. The lowest BCUT2D eigenvalue weighted by Crippen LogP contribution is -2.07. The highest BCUT2D eigenvalue weighted by Crippen LogP contribution is 2.27. The molecule has 0 spiro atoms. The summed E-state index contributed by atoms with van der Waals surface area (Å²) in [6, 6.07) is 0. The van der Waals surface area contributed by atoms with Gasteiger partial charge in [0.25, 0.3) is 0 Å². The number of aromatic nitrogens is 1. The molecule has 0 bridgehead atoms. The Labute approximate surface area is 97.9 Å². The van der Waals surface area contributed by atoms with Gasteiger partial charge in [-0.1, -0.05) is 19.8 Å². The Hall–Kier alpha value is -1.25. The van der Waals surface area contributed by atoms with Crippen molar-refractivity contribution in [1.29, 1.82) is 0 Å². The van der Waals surface area contributed by atoms with Crippen LogP contribution in [0, 0.1) is 20.8 Å². The first-order valence-corrected chi connectivity index (χ1v) is 5.98. The molecule has 3 nitrogen and oxygen atoms in total. The molecule has 0 saturated heterocycles. The second-order valence-corrected chi connectivity index (χ2v) is 4.28. The molecule has 0 atom stereocenters. The van der Waals surface area contributed by atoms with E-state index in [-0.39, 0.29) is 0 Å². The van der Waals surface area contributed by atoms with Crippen LogP contribution in [0.5, 0.6) is 5.75 Å². The molecule has 1 aromatic rings. The molecule has 1 aromatic heterocycles. The standard InChI is InChI=1S/C13H22N2O/c1-5-6-7-8-14-13-10(3)9(2)12(16)11(4)15-13/h16H,5-8H2,1-4H3,(H,14,15). The molecular weight excluding hydrogens is 200 g/mol. The summed E-state index contributed by atoms with van der Waals surface area (Å²) in [6.07, 6.45) is 3.63. The minimum absolute atomic E-state index is 0.316. The summed E-state index contributed by atoms with van der Waals surface area (Å²) in [5.41, 5.74) is 2.66. The first-order chi connectivity index (χ1) is 7.57. The largest absolute Gasteiger partial charge is 0.506 e. The van der Waals surface area contributed by atoms with Gasteiger partial charge in [0, 0.05) is 6.54 Å². The number of rotatable bonds is 5. The predicted octanol–water partition coefficient (Wildman–Crippen LogP) is 3.31. The van der Waals surface area contributed by atoms with Crippen molar-refractivity contribution in [3.8, 4) is 5.75 Å². The summed E-state index contributed by atoms with van der Waals surface area (Å²) in [5, 5.41) is 13.1. The summed E-state index contributed by atoms with van der Waals surface area (Å²) < 4.78 is 0. The van der Waals surface area contributed by atoms with Crippen molar-refractivity contribution in [1.82, 2.24) is 4.98 Å². The minimum atomic E-state index is 0.316. The lowest BCUT2D eigenvalue weighted by Gasteiger charge is -2.13. The van der Waals surface area contributed by atoms with Crippen LogP contribution in [-0.2, 0) is 0 Å². The fraction of sp³-hybridized carbons (Fsp3) is 0.615. The number of unbranched alkanes of at least 4 members (excludes halogenated alkanes) is 2. The van der Waals surface area contributed by atoms with Gasteiger partial charge in [-0.3, -0.25) is 0 Å². The lowest BCUT2D eigenvalue weighted by atomic mass is 10.1. The van der Waals surface area contributed by atoms with E-state index in [9.17, 15) is 5.11 Å². The van der Waals surface area contributed by atoms with Crippen molar-refractivity contribution in [2.45, 2.75) is 47.0 Å². The van der Waals surface area contributed by atoms with E-state index >= 15 is 0 Å². The first-order valence-electron chi connectivity index (χ1n) is 5.98. The molecule has 90 valence electrons. The van der Waals surface area contributed by atoms with E-state index in [2.05, 4.69) is 17.2 Å². The monoisotopic (exact) mass is 222 g/mol. The Morgan fingerprint density at radius 1 is 1.12 bits per heavy atom. The number of anilines is 1. The Morgan fingerprint density at radius 2 is 1.81 bits per heavy atom. The van der Waals surface area contributed by atoms with Gasteiger partial charge in [-0.15, -0.1) is 0 Å². The Morgan fingerprint density at radius 3 is 2.44 bits per heavy atom. The normalized spacial score (nSPS) is 10.5. The van der Waals surface area contributed by atoms with Gasteiger partial charge in [0.1, 0.15) is 11.6 Å². The molecule has 3 heteroatoms. The third-order valence-corrected chi connectivity index (χ3v) is 2.97. The maximum Gasteiger partial charge on any atom is 0.140 e. The Kier molecular flexibility index (Phi) is 4.59. The van der Waals surface area contributed by atoms with Crippen molar-refractivity contribution < 1.29 is 5.11 Å². The van der Waals surface area contributed by atoms with Crippen LogP contribution in [0.15, 0.2) is 0 Å². The number of hydrogen-bond acceptors (Lipinski definition) is 3. The van der Waals surface area contributed by atoms with E-state index in [4.69, 9.17) is 0 Å². The van der Waals surface area contributed by atoms with Gasteiger partial charge in [-0.05, 0) is 38.3 Å². The van der Waals surface area contributed by atoms with Crippen LogP contribution in [-0.4, -0.2) is 16.6 Å². The second-order valence-electron chi connectivity index (χ2n) is 4.28. The fourth-order valence-corrected chi connectivity index (χ4v) is 1.68. The molecule has 1 heterocycles. The topological polar surface area (TPSA) is 45.2 Å². The van der Waals surface area contributed by atoms with E-state index in [1.54, 1.807) is 0 Å². The number of nitrogens with one attached hydrogen (secondary N) is 1. The summed E-state index contributed by atoms with van der Waals surface area (Å²) >= 11 is 0. The number of aryl methyl sites for hydroxylation is 1. The molecule has 0 unspecified atom stereocenters. The number of hydrogen-bond donors (Lipinski definition) is 2. The molecule has 0 radical (unpaired) electrons. The maximum atomic E-state index is 9.73. The van der Waals surface area contributed by atoms with E-state index < -0.39 is 0 Å². The van der Waals surface area contributed by atoms with Gasteiger partial charge in [-0.2, -0.15) is 0 Å². The molecule has 0 saturated carbocycles. The van der Waals surface area contributed by atoms with E-state index in [0.29, 0.717) is 11.4 Å². The van der Waals surface area contributed by atoms with Crippen LogP contribution in [0.4, 0.5) is 5.82 Å². The molecule has 0 amide bonds. The van der Waals surface area contributed by atoms with Gasteiger partial charge in [0.05, 0.1) is 5.69 Å². The highest BCUT2D eigenvalue weighted by atomic mass is 16.3. The van der Waals surface area contributed by atoms with E-state index in [1.807, 2.05) is 20.8 Å². The Bertz CT molecular complexity index is 361. The fourth-order valence-electron chi connectivity index (χ4n) is 1.68. The van der Waals surface area contributed by atoms with Crippen molar-refractivity contribution in [2.75, 3.05) is 11.9 Å². The van der Waals surface area contributed by atoms with Gasteiger partial charge in [-0.25, -0.2) is 4.98 Å². The van der Waals surface area contributed by atoms with Gasteiger partial charge in [0.15, 0.2) is 0 Å². The minimum Gasteiger partial charge on any atom is -0.506 e. The van der Waals surface area contributed by atoms with Crippen LogP contribution in [0.25, 0.3) is 0 Å². The number of aromatic hydroxyl groups is 1. The molecule has 1 rings (SSSR count). The smallest absolute Gasteiger partial charge is 0.140 e. The summed E-state index contributed by atoms with van der Waals surface area (Å²) in [5.74, 6) is 1.22. The zero-order valence-corrected chi connectivity index (χ0v) is 10.7. The molecule has 0 aromatic carbocycles. The third-order valence-electron chi connectivity index (χ3n) is 2.97. The van der Waals surface area contributed by atoms with Crippen molar-refractivity contribution in [3.05, 3.63) is 16.8 Å². The van der Waals surface area contributed by atoms with Crippen LogP contribution < -0.4 is 5.32 Å². The second kappa shape index (κ2) is 5.73. The van der Waals surface area contributed by atoms with Crippen LogP contribution in [0.3, 0.4) is 0 Å². The number of pyridine rings is 1. The van der Waals surface area contributed by atoms with E-state index in [0.717, 1.165) is 29.9 Å². The average molecular weight is 222 g/mol.